The molecule has 0 radical (unpaired) electrons. The van der Waals surface area contributed by atoms with Crippen molar-refractivity contribution in [2.75, 3.05) is 5.73 Å². The zero-order chi connectivity index (χ0) is 23.7. The van der Waals surface area contributed by atoms with Crippen LogP contribution in [0.5, 0.6) is 0 Å². The fourth-order valence-electron chi connectivity index (χ4n) is 4.30. The molecule has 172 valence electrons. The predicted molar refractivity (Wildman–Crippen MR) is 126 cm³/mol. The predicted octanol–water partition coefficient (Wildman–Crippen LogP) is 4.47. The summed E-state index contributed by atoms with van der Waals surface area (Å²) in [6, 6.07) is 5.59. The summed E-state index contributed by atoms with van der Waals surface area (Å²) in [5.41, 5.74) is 8.54. The number of aliphatic hydroxyl groups is 1. The second kappa shape index (κ2) is 7.43. The minimum Gasteiger partial charge on any atom is -0.443 e. The van der Waals surface area contributed by atoms with Crippen molar-refractivity contribution in [3.8, 4) is 11.4 Å². The standard InChI is InChI=1S/C23H25ClN6O3/c1-11-5-12-7-16(29(19(12)15(24)6-11)22(32)33-23(2,3)4)18-17-20(25)26-10-27-21(17)30(28-18)13-8-14(31)9-13/h5-7,10,13-14,31H,8-9H2,1-4H3,(H2,25,26,27). The number of rotatable bonds is 2. The van der Waals surface area contributed by atoms with Gasteiger partial charge in [0.05, 0.1) is 33.8 Å². The van der Waals surface area contributed by atoms with Crippen LogP contribution in [0.2, 0.25) is 5.02 Å². The summed E-state index contributed by atoms with van der Waals surface area (Å²) in [5, 5.41) is 16.4. The van der Waals surface area contributed by atoms with Crippen LogP contribution in [0.3, 0.4) is 0 Å². The number of anilines is 1. The minimum atomic E-state index is -0.715. The van der Waals surface area contributed by atoms with Crippen LogP contribution < -0.4 is 5.73 Å². The Hall–Kier alpha value is -3.17. The van der Waals surface area contributed by atoms with Gasteiger partial charge in [0.15, 0.2) is 5.65 Å². The van der Waals surface area contributed by atoms with E-state index in [1.807, 2.05) is 19.1 Å². The maximum absolute atomic E-state index is 13.4. The number of nitrogens with zero attached hydrogens (tertiary/aromatic N) is 5. The first-order valence-electron chi connectivity index (χ1n) is 10.8. The SMILES string of the molecule is Cc1cc(Cl)c2c(c1)cc(-c1nn(C3CC(O)C3)c3ncnc(N)c13)n2C(=O)OC(C)(C)C. The monoisotopic (exact) mass is 468 g/mol. The molecular formula is C23H25ClN6O3. The van der Waals surface area contributed by atoms with Gasteiger partial charge in [-0.2, -0.15) is 5.10 Å². The number of benzene rings is 1. The summed E-state index contributed by atoms with van der Waals surface area (Å²) >= 11 is 6.60. The molecule has 1 saturated carbocycles. The van der Waals surface area contributed by atoms with Gasteiger partial charge in [-0.05, 0) is 64.3 Å². The first-order valence-corrected chi connectivity index (χ1v) is 11.1. The maximum atomic E-state index is 13.4. The molecule has 0 spiro atoms. The number of nitrogens with two attached hydrogens (primary N) is 1. The number of hydrogen-bond acceptors (Lipinski definition) is 7. The van der Waals surface area contributed by atoms with Crippen molar-refractivity contribution in [1.82, 2.24) is 24.3 Å². The van der Waals surface area contributed by atoms with Gasteiger partial charge in [0.1, 0.15) is 23.4 Å². The van der Waals surface area contributed by atoms with Gasteiger partial charge in [-0.15, -0.1) is 0 Å². The lowest BCUT2D eigenvalue weighted by Gasteiger charge is -2.31. The summed E-state index contributed by atoms with van der Waals surface area (Å²) in [6.45, 7) is 7.35. The smallest absolute Gasteiger partial charge is 0.419 e. The molecule has 5 rings (SSSR count). The summed E-state index contributed by atoms with van der Waals surface area (Å²) in [4.78, 5) is 22.0. The highest BCUT2D eigenvalue weighted by Crippen LogP contribution is 2.40. The Morgan fingerprint density at radius 2 is 1.97 bits per heavy atom. The molecule has 33 heavy (non-hydrogen) atoms. The Bertz CT molecular complexity index is 1410. The van der Waals surface area contributed by atoms with Crippen molar-refractivity contribution >= 4 is 45.4 Å². The normalized spacial score (nSPS) is 18.6. The zero-order valence-corrected chi connectivity index (χ0v) is 19.6. The average molecular weight is 469 g/mol. The van der Waals surface area contributed by atoms with Gasteiger partial charge in [-0.3, -0.25) is 0 Å². The summed E-state index contributed by atoms with van der Waals surface area (Å²) in [7, 11) is 0. The van der Waals surface area contributed by atoms with Crippen molar-refractivity contribution in [3.05, 3.63) is 35.1 Å². The minimum absolute atomic E-state index is 0.0178. The summed E-state index contributed by atoms with van der Waals surface area (Å²) in [5.74, 6) is 0.254. The molecular weight excluding hydrogens is 444 g/mol. The number of carbonyl (C=O) groups excluding carboxylic acids is 1. The molecule has 1 fully saturated rings. The molecule has 0 unspecified atom stereocenters. The quantitative estimate of drug-likeness (QED) is 0.445. The Kier molecular flexibility index (Phi) is 4.88. The Labute approximate surface area is 195 Å². The third-order valence-electron chi connectivity index (χ3n) is 5.76. The van der Waals surface area contributed by atoms with E-state index in [0.29, 0.717) is 45.8 Å². The van der Waals surface area contributed by atoms with Crippen molar-refractivity contribution in [2.45, 2.75) is 58.3 Å². The molecule has 3 heterocycles. The van der Waals surface area contributed by atoms with E-state index in [0.717, 1.165) is 10.9 Å². The Morgan fingerprint density at radius 1 is 1.24 bits per heavy atom. The molecule has 3 N–H and O–H groups in total. The number of nitrogen functional groups attached to an aromatic ring is 1. The second-order valence-corrected chi connectivity index (χ2v) is 9.97. The Balaban J connectivity index is 1.81. The molecule has 0 amide bonds. The van der Waals surface area contributed by atoms with E-state index in [1.54, 1.807) is 31.5 Å². The number of fused-ring (bicyclic) bond motifs is 2. The first kappa shape index (κ1) is 21.7. The molecule has 0 atom stereocenters. The molecule has 0 saturated heterocycles. The number of halogens is 1. The van der Waals surface area contributed by atoms with E-state index in [1.165, 1.54) is 10.9 Å². The molecule has 0 bridgehead atoms. The zero-order valence-electron chi connectivity index (χ0n) is 18.8. The molecule has 0 aliphatic heterocycles. The van der Waals surface area contributed by atoms with Crippen LogP contribution in [-0.4, -0.2) is 47.2 Å². The van der Waals surface area contributed by atoms with Gasteiger partial charge < -0.3 is 15.6 Å². The number of hydrogen-bond donors (Lipinski definition) is 2. The Morgan fingerprint density at radius 3 is 2.64 bits per heavy atom. The van der Waals surface area contributed by atoms with Gasteiger partial charge in [0, 0.05) is 5.39 Å². The molecule has 4 aromatic rings. The molecule has 1 aromatic carbocycles. The van der Waals surface area contributed by atoms with Crippen molar-refractivity contribution in [3.63, 3.8) is 0 Å². The highest BCUT2D eigenvalue weighted by molar-refractivity contribution is 6.35. The number of aliphatic hydroxyl groups excluding tert-OH is 1. The van der Waals surface area contributed by atoms with E-state index in [4.69, 9.17) is 27.2 Å². The van der Waals surface area contributed by atoms with Crippen LogP contribution in [0.4, 0.5) is 10.6 Å². The number of carbonyl (C=O) groups is 1. The third kappa shape index (κ3) is 3.61. The largest absolute Gasteiger partial charge is 0.443 e. The van der Waals surface area contributed by atoms with E-state index in [2.05, 4.69) is 9.97 Å². The third-order valence-corrected chi connectivity index (χ3v) is 6.05. The van der Waals surface area contributed by atoms with Crippen LogP contribution in [0.25, 0.3) is 33.3 Å². The molecule has 1 aliphatic rings. The molecule has 1 aliphatic carbocycles. The number of aryl methyl sites for hydroxylation is 1. The van der Waals surface area contributed by atoms with Crippen LogP contribution in [0.1, 0.15) is 45.2 Å². The first-order chi connectivity index (χ1) is 15.5. The van der Waals surface area contributed by atoms with Gasteiger partial charge in [-0.1, -0.05) is 11.6 Å². The lowest BCUT2D eigenvalue weighted by atomic mass is 9.90. The summed E-state index contributed by atoms with van der Waals surface area (Å²) < 4.78 is 8.92. The van der Waals surface area contributed by atoms with E-state index < -0.39 is 11.7 Å². The van der Waals surface area contributed by atoms with Gasteiger partial charge >= 0.3 is 6.09 Å². The van der Waals surface area contributed by atoms with Crippen LogP contribution in [-0.2, 0) is 4.74 Å². The van der Waals surface area contributed by atoms with Gasteiger partial charge in [0.25, 0.3) is 0 Å². The van der Waals surface area contributed by atoms with Crippen molar-refractivity contribution in [2.24, 2.45) is 0 Å². The highest BCUT2D eigenvalue weighted by Gasteiger charge is 2.34. The van der Waals surface area contributed by atoms with Crippen molar-refractivity contribution < 1.29 is 14.6 Å². The van der Waals surface area contributed by atoms with Crippen LogP contribution in [0.15, 0.2) is 24.5 Å². The van der Waals surface area contributed by atoms with E-state index >= 15 is 0 Å². The molecule has 3 aromatic heterocycles. The maximum Gasteiger partial charge on any atom is 0.419 e. The van der Waals surface area contributed by atoms with Gasteiger partial charge in [0.2, 0.25) is 0 Å². The molecule has 9 nitrogen and oxygen atoms in total. The van der Waals surface area contributed by atoms with Crippen LogP contribution >= 0.6 is 11.6 Å². The topological polar surface area (TPSA) is 121 Å². The highest BCUT2D eigenvalue weighted by atomic mass is 35.5. The number of ether oxygens (including phenoxy) is 1. The summed E-state index contributed by atoms with van der Waals surface area (Å²) in [6.07, 6.45) is 1.58. The van der Waals surface area contributed by atoms with E-state index in [9.17, 15) is 9.90 Å². The van der Waals surface area contributed by atoms with Gasteiger partial charge in [-0.25, -0.2) is 24.0 Å². The fraction of sp³-hybridized carbons (Fsp3) is 0.391. The average Bonchev–Trinajstić information content (AvgIpc) is 3.23. The fourth-order valence-corrected chi connectivity index (χ4v) is 4.66. The number of aromatic nitrogens is 5. The lowest BCUT2D eigenvalue weighted by Crippen LogP contribution is -2.31. The second-order valence-electron chi connectivity index (χ2n) is 9.56. The lowest BCUT2D eigenvalue weighted by molar-refractivity contribution is 0.0451. The van der Waals surface area contributed by atoms with Crippen LogP contribution in [0, 0.1) is 6.92 Å². The molecule has 10 heteroatoms. The van der Waals surface area contributed by atoms with Crippen molar-refractivity contribution in [1.29, 1.82) is 0 Å². The van der Waals surface area contributed by atoms with E-state index in [-0.39, 0.29) is 18.0 Å².